The van der Waals surface area contributed by atoms with E-state index in [2.05, 4.69) is 25.2 Å². The van der Waals surface area contributed by atoms with Gasteiger partial charge in [0.25, 0.3) is 0 Å². The quantitative estimate of drug-likeness (QED) is 0.909. The fourth-order valence-electron chi connectivity index (χ4n) is 4.20. The van der Waals surface area contributed by atoms with Crippen molar-refractivity contribution in [1.29, 1.82) is 0 Å². The minimum atomic E-state index is 0.112. The zero-order valence-electron chi connectivity index (χ0n) is 12.0. The van der Waals surface area contributed by atoms with Crippen LogP contribution in [0.5, 0.6) is 0 Å². The van der Waals surface area contributed by atoms with Crippen LogP contribution in [0.4, 0.5) is 0 Å². The average Bonchev–Trinajstić information content (AvgIpc) is 2.83. The molecule has 20 heavy (non-hydrogen) atoms. The Kier molecular flexibility index (Phi) is 3.79. The Morgan fingerprint density at radius 1 is 1.25 bits per heavy atom. The molecule has 3 rings (SSSR count). The van der Waals surface area contributed by atoms with E-state index in [1.165, 1.54) is 5.56 Å². The van der Waals surface area contributed by atoms with Gasteiger partial charge in [0, 0.05) is 25.1 Å². The lowest BCUT2D eigenvalue weighted by Gasteiger charge is -2.37. The van der Waals surface area contributed by atoms with Crippen LogP contribution in [-0.4, -0.2) is 25.8 Å². The van der Waals surface area contributed by atoms with E-state index in [1.54, 1.807) is 0 Å². The predicted molar refractivity (Wildman–Crippen MR) is 83.8 cm³/mol. The van der Waals surface area contributed by atoms with Gasteiger partial charge in [-0.2, -0.15) is 0 Å². The maximum Gasteiger partial charge on any atom is 0.0595 e. The number of benzene rings is 1. The van der Waals surface area contributed by atoms with Gasteiger partial charge in [-0.05, 0) is 42.9 Å². The minimum absolute atomic E-state index is 0.112. The topological polar surface area (TPSA) is 21.3 Å². The lowest BCUT2D eigenvalue weighted by atomic mass is 9.65. The Bertz CT molecular complexity index is 521. The second-order valence-corrected chi connectivity index (χ2v) is 7.18. The van der Waals surface area contributed by atoms with E-state index in [1.807, 2.05) is 12.1 Å². The van der Waals surface area contributed by atoms with Gasteiger partial charge >= 0.3 is 0 Å². The summed E-state index contributed by atoms with van der Waals surface area (Å²) in [5.41, 5.74) is 1.63. The second-order valence-electron chi connectivity index (χ2n) is 6.36. The Hall–Kier alpha value is -0.280. The summed E-state index contributed by atoms with van der Waals surface area (Å²) in [6.45, 7) is 7.25. The monoisotopic (exact) mass is 313 g/mol. The van der Waals surface area contributed by atoms with Crippen LogP contribution < -0.4 is 5.32 Å². The molecule has 0 spiro atoms. The van der Waals surface area contributed by atoms with Crippen molar-refractivity contribution in [2.75, 3.05) is 19.7 Å². The summed E-state index contributed by atoms with van der Waals surface area (Å²) in [4.78, 5) is 0. The molecule has 110 valence electrons. The predicted octanol–water partition coefficient (Wildman–Crippen LogP) is 4.04. The summed E-state index contributed by atoms with van der Waals surface area (Å²) >= 11 is 12.3. The average molecular weight is 314 g/mol. The Labute approximate surface area is 130 Å². The SMILES string of the molecule is CCO[C@H]1C[C@]2(C)CNC[C@]2(c2ccc(Cl)c(Cl)c2)C1. The molecule has 3 atom stereocenters. The molecule has 2 fully saturated rings. The van der Waals surface area contributed by atoms with Crippen LogP contribution in [0.25, 0.3) is 0 Å². The second kappa shape index (κ2) is 5.17. The van der Waals surface area contributed by atoms with Crippen LogP contribution in [0.15, 0.2) is 18.2 Å². The van der Waals surface area contributed by atoms with Crippen molar-refractivity contribution >= 4 is 23.2 Å². The van der Waals surface area contributed by atoms with E-state index < -0.39 is 0 Å². The molecule has 1 heterocycles. The maximum absolute atomic E-state index is 6.24. The third-order valence-electron chi connectivity index (χ3n) is 5.23. The van der Waals surface area contributed by atoms with Crippen molar-refractivity contribution in [2.45, 2.75) is 38.2 Å². The first-order valence-electron chi connectivity index (χ1n) is 7.29. The number of rotatable bonds is 3. The van der Waals surface area contributed by atoms with E-state index in [-0.39, 0.29) is 10.8 Å². The van der Waals surface area contributed by atoms with Crippen LogP contribution in [0.3, 0.4) is 0 Å². The highest BCUT2D eigenvalue weighted by atomic mass is 35.5. The van der Waals surface area contributed by atoms with E-state index in [0.717, 1.165) is 32.5 Å². The van der Waals surface area contributed by atoms with Gasteiger partial charge in [0.05, 0.1) is 16.1 Å². The largest absolute Gasteiger partial charge is 0.378 e. The van der Waals surface area contributed by atoms with Gasteiger partial charge in [-0.25, -0.2) is 0 Å². The molecule has 4 heteroatoms. The zero-order valence-corrected chi connectivity index (χ0v) is 13.5. The van der Waals surface area contributed by atoms with E-state index in [0.29, 0.717) is 16.1 Å². The molecular formula is C16H21Cl2NO. The summed E-state index contributed by atoms with van der Waals surface area (Å²) in [5, 5.41) is 4.84. The number of hydrogen-bond acceptors (Lipinski definition) is 2. The van der Waals surface area contributed by atoms with Crippen molar-refractivity contribution in [3.63, 3.8) is 0 Å². The molecule has 1 aromatic rings. The van der Waals surface area contributed by atoms with Crippen molar-refractivity contribution in [3.8, 4) is 0 Å². The molecule has 0 radical (unpaired) electrons. The van der Waals surface area contributed by atoms with Gasteiger partial charge in [-0.1, -0.05) is 36.2 Å². The van der Waals surface area contributed by atoms with Gasteiger partial charge in [0.15, 0.2) is 0 Å². The first kappa shape index (κ1) is 14.6. The number of hydrogen-bond donors (Lipinski definition) is 1. The molecule has 1 aliphatic carbocycles. The number of halogens is 2. The third-order valence-corrected chi connectivity index (χ3v) is 5.97. The maximum atomic E-state index is 6.24. The van der Waals surface area contributed by atoms with Gasteiger partial charge in [0.2, 0.25) is 0 Å². The summed E-state index contributed by atoms with van der Waals surface area (Å²) < 4.78 is 5.92. The minimum Gasteiger partial charge on any atom is -0.378 e. The Morgan fingerprint density at radius 3 is 2.75 bits per heavy atom. The Morgan fingerprint density at radius 2 is 2.05 bits per heavy atom. The molecule has 0 aromatic heterocycles. The molecule has 1 saturated carbocycles. The summed E-state index contributed by atoms with van der Waals surface area (Å²) in [5.74, 6) is 0. The lowest BCUT2D eigenvalue weighted by molar-refractivity contribution is 0.0582. The van der Waals surface area contributed by atoms with Crippen LogP contribution >= 0.6 is 23.2 Å². The summed E-state index contributed by atoms with van der Waals surface area (Å²) in [6, 6.07) is 6.10. The normalized spacial score (nSPS) is 36.3. The molecule has 2 aliphatic rings. The zero-order chi connectivity index (χ0) is 14.4. The van der Waals surface area contributed by atoms with Crippen LogP contribution in [0, 0.1) is 5.41 Å². The molecule has 1 aliphatic heterocycles. The first-order chi connectivity index (χ1) is 9.51. The van der Waals surface area contributed by atoms with Gasteiger partial charge in [-0.15, -0.1) is 0 Å². The number of fused-ring (bicyclic) bond motifs is 1. The van der Waals surface area contributed by atoms with Gasteiger partial charge < -0.3 is 10.1 Å². The smallest absolute Gasteiger partial charge is 0.0595 e. The highest BCUT2D eigenvalue weighted by Gasteiger charge is 2.59. The highest BCUT2D eigenvalue weighted by molar-refractivity contribution is 6.42. The molecular weight excluding hydrogens is 293 g/mol. The van der Waals surface area contributed by atoms with E-state index in [4.69, 9.17) is 27.9 Å². The van der Waals surface area contributed by atoms with E-state index >= 15 is 0 Å². The molecule has 0 amide bonds. The number of ether oxygens (including phenoxy) is 1. The van der Waals surface area contributed by atoms with Crippen molar-refractivity contribution in [3.05, 3.63) is 33.8 Å². The van der Waals surface area contributed by atoms with Crippen molar-refractivity contribution < 1.29 is 4.74 Å². The molecule has 0 unspecified atom stereocenters. The number of nitrogens with one attached hydrogen (secondary N) is 1. The van der Waals surface area contributed by atoms with E-state index in [9.17, 15) is 0 Å². The Balaban J connectivity index is 2.01. The molecule has 1 saturated heterocycles. The standard InChI is InChI=1S/C16H21Cl2NO/c1-3-20-12-7-15(2)9-19-10-16(15,8-12)11-4-5-13(17)14(18)6-11/h4-6,12,19H,3,7-10H2,1-2H3/t12-,15+,16-/m0/s1. The summed E-state index contributed by atoms with van der Waals surface area (Å²) in [7, 11) is 0. The molecule has 2 nitrogen and oxygen atoms in total. The fourth-order valence-corrected chi connectivity index (χ4v) is 4.50. The molecule has 1 aromatic carbocycles. The first-order valence-corrected chi connectivity index (χ1v) is 8.04. The molecule has 0 bridgehead atoms. The van der Waals surface area contributed by atoms with Crippen LogP contribution in [0.1, 0.15) is 32.3 Å². The fraction of sp³-hybridized carbons (Fsp3) is 0.625. The van der Waals surface area contributed by atoms with Gasteiger partial charge in [0.1, 0.15) is 0 Å². The van der Waals surface area contributed by atoms with Crippen LogP contribution in [0.2, 0.25) is 10.0 Å². The summed E-state index contributed by atoms with van der Waals surface area (Å²) in [6.07, 6.45) is 2.51. The van der Waals surface area contributed by atoms with Crippen molar-refractivity contribution in [1.82, 2.24) is 5.32 Å². The van der Waals surface area contributed by atoms with Crippen LogP contribution in [-0.2, 0) is 10.2 Å². The van der Waals surface area contributed by atoms with Gasteiger partial charge in [-0.3, -0.25) is 0 Å². The van der Waals surface area contributed by atoms with Crippen molar-refractivity contribution in [2.24, 2.45) is 5.41 Å². The lowest BCUT2D eigenvalue weighted by Crippen LogP contribution is -2.38. The molecule has 1 N–H and O–H groups in total. The third kappa shape index (κ3) is 2.09. The highest BCUT2D eigenvalue weighted by Crippen LogP contribution is 2.57.